The Morgan fingerprint density at radius 2 is 1.62 bits per heavy atom. The summed E-state index contributed by atoms with van der Waals surface area (Å²) in [5.74, 6) is 1.54. The molecule has 0 saturated heterocycles. The van der Waals surface area contributed by atoms with Crippen molar-refractivity contribution in [2.45, 2.75) is 26.3 Å². The van der Waals surface area contributed by atoms with Gasteiger partial charge in [0.1, 0.15) is 13.2 Å². The first kappa shape index (κ1) is 23.9. The highest BCUT2D eigenvalue weighted by atomic mass is 32.2. The van der Waals surface area contributed by atoms with Gasteiger partial charge in [-0.1, -0.05) is 0 Å². The third-order valence-electron chi connectivity index (χ3n) is 3.72. The van der Waals surface area contributed by atoms with Crippen LogP contribution in [0.1, 0.15) is 20.3 Å². The minimum absolute atomic E-state index is 0.127. The zero-order chi connectivity index (χ0) is 18.9. The molecule has 8 heteroatoms. The van der Waals surface area contributed by atoms with Gasteiger partial charge in [0.2, 0.25) is 0 Å². The Balaban J connectivity index is 4.09. The van der Waals surface area contributed by atoms with Crippen LogP contribution in [0.4, 0.5) is 0 Å². The Bertz CT molecular complexity index is 362. The van der Waals surface area contributed by atoms with Crippen LogP contribution in [0.15, 0.2) is 0 Å². The average Bonchev–Trinajstić information content (AvgIpc) is 2.50. The van der Waals surface area contributed by atoms with E-state index in [0.717, 1.165) is 35.0 Å². The quantitative estimate of drug-likeness (QED) is 0.211. The lowest BCUT2D eigenvalue weighted by atomic mass is 9.97. The Labute approximate surface area is 153 Å². The highest BCUT2D eigenvalue weighted by Gasteiger charge is 2.37. The van der Waals surface area contributed by atoms with Crippen molar-refractivity contribution in [3.63, 3.8) is 0 Å². The predicted octanol–water partition coefficient (Wildman–Crippen LogP) is 2.26. The van der Waals surface area contributed by atoms with Crippen molar-refractivity contribution in [1.82, 2.24) is 0 Å². The molecule has 0 unspecified atom stereocenters. The molecule has 0 aliphatic carbocycles. The molecule has 0 bridgehead atoms. The summed E-state index contributed by atoms with van der Waals surface area (Å²) in [6.07, 6.45) is 0.930. The number of likely N-dealkylation sites (N-methyl/N-ethyl adjacent to an activating group) is 1. The molecular weight excluding hydrogens is 346 g/mol. The van der Waals surface area contributed by atoms with E-state index in [1.165, 1.54) is 0 Å². The van der Waals surface area contributed by atoms with Crippen molar-refractivity contribution in [2.75, 3.05) is 67.1 Å². The van der Waals surface area contributed by atoms with Gasteiger partial charge in [0.05, 0.1) is 26.6 Å². The Morgan fingerprint density at radius 1 is 1.08 bits per heavy atom. The zero-order valence-electron chi connectivity index (χ0n) is 16.6. The minimum atomic E-state index is -2.48. The number of ether oxygens (including phenoxy) is 1. The van der Waals surface area contributed by atoms with Crippen molar-refractivity contribution >= 4 is 26.5 Å². The van der Waals surface area contributed by atoms with Gasteiger partial charge in [-0.2, -0.15) is 11.8 Å². The fourth-order valence-corrected chi connectivity index (χ4v) is 5.04. The van der Waals surface area contributed by atoms with E-state index in [2.05, 4.69) is 21.1 Å². The molecule has 0 radical (unpaired) electrons. The minimum Gasteiger partial charge on any atom is -0.459 e. The average molecular weight is 383 g/mol. The van der Waals surface area contributed by atoms with E-state index in [9.17, 15) is 4.79 Å². The first-order valence-corrected chi connectivity index (χ1v) is 11.3. The van der Waals surface area contributed by atoms with Gasteiger partial charge in [-0.3, -0.25) is 4.79 Å². The predicted molar refractivity (Wildman–Crippen MR) is 101 cm³/mol. The summed E-state index contributed by atoms with van der Waals surface area (Å²) in [7, 11) is 8.65. The number of hydrogen-bond donors (Lipinski definition) is 0. The summed E-state index contributed by atoms with van der Waals surface area (Å²) in [5.41, 5.74) is -0.478. The van der Waals surface area contributed by atoms with E-state index < -0.39 is 14.2 Å². The van der Waals surface area contributed by atoms with Gasteiger partial charge in [0.25, 0.3) is 0 Å². The van der Waals surface area contributed by atoms with Gasteiger partial charge >= 0.3 is 14.8 Å². The van der Waals surface area contributed by atoms with Crippen LogP contribution in [0.25, 0.3) is 0 Å². The molecule has 0 aliphatic rings. The van der Waals surface area contributed by atoms with Gasteiger partial charge in [-0.15, -0.1) is 0 Å². The normalized spacial score (nSPS) is 13.2. The lowest BCUT2D eigenvalue weighted by molar-refractivity contribution is -0.870. The van der Waals surface area contributed by atoms with Crippen molar-refractivity contribution < 1.29 is 27.3 Å². The van der Waals surface area contributed by atoms with Gasteiger partial charge in [0, 0.05) is 33.1 Å². The number of quaternary nitrogens is 1. The van der Waals surface area contributed by atoms with Crippen LogP contribution >= 0.6 is 11.8 Å². The van der Waals surface area contributed by atoms with E-state index in [0.29, 0.717) is 6.61 Å². The van der Waals surface area contributed by atoms with Gasteiger partial charge < -0.3 is 22.5 Å². The second kappa shape index (κ2) is 10.8. The van der Waals surface area contributed by atoms with Crippen LogP contribution in [0.3, 0.4) is 0 Å². The molecule has 0 spiro atoms. The van der Waals surface area contributed by atoms with Crippen molar-refractivity contribution in [1.29, 1.82) is 0 Å². The van der Waals surface area contributed by atoms with Crippen LogP contribution in [0.2, 0.25) is 6.04 Å². The molecule has 144 valence electrons. The number of thioether (sulfide) groups is 1. The van der Waals surface area contributed by atoms with Crippen molar-refractivity contribution in [3.8, 4) is 0 Å². The monoisotopic (exact) mass is 382 g/mol. The standard InChI is InChI=1S/C16H36NO5SSi/c1-16(2,15(18)22-11-10-17(3,4)5)14-23-12-9-13-24(19-6,20-7)21-8/h9-14H2,1-8H3/q+1. The number of rotatable bonds is 13. The molecule has 0 saturated carbocycles. The van der Waals surface area contributed by atoms with E-state index in [-0.39, 0.29) is 5.97 Å². The maximum atomic E-state index is 12.2. The number of carbonyl (C=O) groups is 1. The first-order valence-electron chi connectivity index (χ1n) is 8.23. The van der Waals surface area contributed by atoms with E-state index in [1.54, 1.807) is 33.1 Å². The summed E-state index contributed by atoms with van der Waals surface area (Å²) in [5, 5.41) is 0. The maximum Gasteiger partial charge on any atom is 0.500 e. The van der Waals surface area contributed by atoms with Crippen LogP contribution in [0, 0.1) is 5.41 Å². The van der Waals surface area contributed by atoms with Crippen LogP contribution in [-0.2, 0) is 22.8 Å². The third kappa shape index (κ3) is 9.38. The van der Waals surface area contributed by atoms with Crippen LogP contribution in [-0.4, -0.2) is 86.4 Å². The fourth-order valence-electron chi connectivity index (χ4n) is 1.94. The fraction of sp³-hybridized carbons (Fsp3) is 0.938. The van der Waals surface area contributed by atoms with E-state index in [1.807, 2.05) is 13.8 Å². The zero-order valence-corrected chi connectivity index (χ0v) is 18.5. The molecule has 0 aromatic rings. The van der Waals surface area contributed by atoms with Crippen molar-refractivity contribution in [3.05, 3.63) is 0 Å². The lowest BCUT2D eigenvalue weighted by Gasteiger charge is -2.26. The molecular formula is C16H36NO5SSi+. The largest absolute Gasteiger partial charge is 0.500 e. The summed E-state index contributed by atoms with van der Waals surface area (Å²) >= 11 is 1.75. The second-order valence-electron chi connectivity index (χ2n) is 7.49. The summed E-state index contributed by atoms with van der Waals surface area (Å²) < 4.78 is 22.4. The SMILES string of the molecule is CO[Si](CCCSCC(C)(C)C(=O)OCC[N+](C)(C)C)(OC)OC. The number of carbonyl (C=O) groups excluding carboxylic acids is 1. The van der Waals surface area contributed by atoms with Crippen LogP contribution in [0.5, 0.6) is 0 Å². The van der Waals surface area contributed by atoms with Gasteiger partial charge in [0.15, 0.2) is 0 Å². The van der Waals surface area contributed by atoms with Crippen molar-refractivity contribution in [2.24, 2.45) is 5.41 Å². The number of hydrogen-bond acceptors (Lipinski definition) is 6. The Hall–Kier alpha value is -0.123. The molecule has 0 aromatic heterocycles. The van der Waals surface area contributed by atoms with E-state index >= 15 is 0 Å². The van der Waals surface area contributed by atoms with Gasteiger partial charge in [-0.05, 0) is 26.0 Å². The number of nitrogens with zero attached hydrogens (tertiary/aromatic N) is 1. The highest BCUT2D eigenvalue weighted by Crippen LogP contribution is 2.25. The molecule has 24 heavy (non-hydrogen) atoms. The van der Waals surface area contributed by atoms with Gasteiger partial charge in [-0.25, -0.2) is 0 Å². The molecule has 0 aliphatic heterocycles. The second-order valence-corrected chi connectivity index (χ2v) is 11.7. The molecule has 0 rings (SSSR count). The van der Waals surface area contributed by atoms with Crippen LogP contribution < -0.4 is 0 Å². The smallest absolute Gasteiger partial charge is 0.459 e. The Kier molecular flexibility index (Phi) is 10.7. The van der Waals surface area contributed by atoms with E-state index in [4.69, 9.17) is 18.0 Å². The molecule has 6 nitrogen and oxygen atoms in total. The highest BCUT2D eigenvalue weighted by molar-refractivity contribution is 7.99. The first-order chi connectivity index (χ1) is 11.0. The number of esters is 1. The molecule has 0 heterocycles. The third-order valence-corrected chi connectivity index (χ3v) is 8.05. The topological polar surface area (TPSA) is 54.0 Å². The molecule has 0 fully saturated rings. The molecule has 0 aromatic carbocycles. The Morgan fingerprint density at radius 3 is 2.08 bits per heavy atom. The summed E-state index contributed by atoms with van der Waals surface area (Å²) in [6.45, 7) is 5.15. The molecule has 0 atom stereocenters. The molecule has 0 amide bonds. The summed E-state index contributed by atoms with van der Waals surface area (Å²) in [6, 6.07) is 0.776. The molecule has 0 N–H and O–H groups in total. The maximum absolute atomic E-state index is 12.2. The summed E-state index contributed by atoms with van der Waals surface area (Å²) in [4.78, 5) is 12.2. The lowest BCUT2D eigenvalue weighted by Crippen LogP contribution is -2.42.